The third-order valence-corrected chi connectivity index (χ3v) is 6.86. The van der Waals surface area contributed by atoms with Gasteiger partial charge in [0, 0.05) is 10.4 Å². The Kier molecular flexibility index (Phi) is 6.75. The van der Waals surface area contributed by atoms with Crippen LogP contribution in [0.3, 0.4) is 0 Å². The maximum Gasteiger partial charge on any atom is 0.325 e. The molecule has 4 aromatic rings. The number of H-pyrrole nitrogens is 1. The number of hydrogen-bond donors (Lipinski definition) is 3. The lowest BCUT2D eigenvalue weighted by molar-refractivity contribution is -0.129. The first kappa shape index (κ1) is 24.0. The Bertz CT molecular complexity index is 1390. The molecule has 36 heavy (non-hydrogen) atoms. The Labute approximate surface area is 216 Å². The van der Waals surface area contributed by atoms with Crippen LogP contribution < -0.4 is 10.1 Å². The number of amides is 3. The van der Waals surface area contributed by atoms with Crippen molar-refractivity contribution in [2.45, 2.75) is 24.9 Å². The molecule has 2 heterocycles. The van der Waals surface area contributed by atoms with Gasteiger partial charge in [-0.05, 0) is 41.5 Å². The van der Waals surface area contributed by atoms with Gasteiger partial charge in [-0.25, -0.2) is 9.78 Å². The highest BCUT2D eigenvalue weighted by Crippen LogP contribution is 2.39. The van der Waals surface area contributed by atoms with E-state index in [0.29, 0.717) is 17.1 Å². The summed E-state index contributed by atoms with van der Waals surface area (Å²) in [5.41, 5.74) is 3.19. The summed E-state index contributed by atoms with van der Waals surface area (Å²) >= 11 is 3.48. The minimum absolute atomic E-state index is 0.0897. The molecule has 0 saturated carbocycles. The van der Waals surface area contributed by atoms with Gasteiger partial charge in [0.25, 0.3) is 5.91 Å². The van der Waals surface area contributed by atoms with Crippen molar-refractivity contribution < 1.29 is 19.4 Å². The van der Waals surface area contributed by atoms with Crippen molar-refractivity contribution in [3.05, 3.63) is 94.2 Å². The number of aromatic nitrogens is 2. The van der Waals surface area contributed by atoms with E-state index in [9.17, 15) is 9.59 Å². The molecule has 8 nitrogen and oxygen atoms in total. The monoisotopic (exact) mass is 548 g/mol. The number of carbonyl (C=O) groups is 2. The van der Waals surface area contributed by atoms with Crippen molar-refractivity contribution in [1.82, 2.24) is 20.2 Å². The van der Waals surface area contributed by atoms with Gasteiger partial charge in [0.15, 0.2) is 0 Å². The van der Waals surface area contributed by atoms with E-state index in [1.807, 2.05) is 55.5 Å². The first-order valence-electron chi connectivity index (χ1n) is 11.6. The van der Waals surface area contributed by atoms with Gasteiger partial charge in [0.1, 0.15) is 30.3 Å². The molecule has 1 saturated heterocycles. The van der Waals surface area contributed by atoms with Crippen LogP contribution in [0.25, 0.3) is 11.0 Å². The Morgan fingerprint density at radius 1 is 1.08 bits per heavy atom. The average Bonchev–Trinajstić information content (AvgIpc) is 3.44. The van der Waals surface area contributed by atoms with E-state index < -0.39 is 18.1 Å². The van der Waals surface area contributed by atoms with Crippen molar-refractivity contribution >= 4 is 38.9 Å². The zero-order valence-electron chi connectivity index (χ0n) is 19.5. The van der Waals surface area contributed by atoms with Crippen molar-refractivity contribution in [2.24, 2.45) is 0 Å². The van der Waals surface area contributed by atoms with Crippen LogP contribution in [0.2, 0.25) is 0 Å². The molecule has 5 rings (SSSR count). The Balaban J connectivity index is 1.51. The molecule has 1 aliphatic heterocycles. The number of urea groups is 1. The molecule has 3 N–H and O–H groups in total. The van der Waals surface area contributed by atoms with E-state index in [1.54, 1.807) is 24.3 Å². The molecule has 184 valence electrons. The summed E-state index contributed by atoms with van der Waals surface area (Å²) in [4.78, 5) is 36.4. The summed E-state index contributed by atoms with van der Waals surface area (Å²) in [6, 6.07) is 20.5. The number of benzene rings is 3. The normalized spacial score (nSPS) is 17.3. The Hall–Kier alpha value is -3.69. The number of aromatic amines is 1. The van der Waals surface area contributed by atoms with Crippen LogP contribution in [0.4, 0.5) is 4.79 Å². The molecule has 0 bridgehead atoms. The number of imide groups is 1. The molecule has 0 aliphatic carbocycles. The number of imidazole rings is 1. The number of aliphatic hydroxyl groups is 1. The van der Waals surface area contributed by atoms with Gasteiger partial charge in [-0.3, -0.25) is 9.69 Å². The molecule has 1 aliphatic rings. The highest BCUT2D eigenvalue weighted by Gasteiger charge is 2.46. The molecular formula is C27H25BrN4O4. The second-order valence-electron chi connectivity index (χ2n) is 8.66. The van der Waals surface area contributed by atoms with E-state index in [1.165, 1.54) is 4.90 Å². The SMILES string of the molecule is C[C@@H](c1ccccc1)[C@@H](c1nc2ccc(Br)cc2[nH]1)N1C(=O)NC(c2ccc(OCCO)cc2)C1=O. The average molecular weight is 549 g/mol. The maximum atomic E-state index is 13.7. The number of rotatable bonds is 8. The zero-order valence-corrected chi connectivity index (χ0v) is 21.1. The van der Waals surface area contributed by atoms with Crippen molar-refractivity contribution in [3.63, 3.8) is 0 Å². The summed E-state index contributed by atoms with van der Waals surface area (Å²) < 4.78 is 6.31. The lowest BCUT2D eigenvalue weighted by Crippen LogP contribution is -2.38. The quantitative estimate of drug-likeness (QED) is 0.273. The summed E-state index contributed by atoms with van der Waals surface area (Å²) in [5, 5.41) is 11.8. The van der Waals surface area contributed by atoms with Crippen molar-refractivity contribution in [3.8, 4) is 5.75 Å². The standard InChI is InChI=1S/C27H25BrN4O4/c1-16(17-5-3-2-4-6-17)24(25-29-21-12-9-19(28)15-22(21)30-25)32-26(34)23(31-27(32)35)18-7-10-20(11-8-18)36-14-13-33/h2-12,15-16,23-24,33H,13-14H2,1H3,(H,29,30)(H,31,35)/t16-,23?,24-/m0/s1. The van der Waals surface area contributed by atoms with E-state index in [0.717, 1.165) is 21.1 Å². The van der Waals surface area contributed by atoms with Gasteiger partial charge in [0.2, 0.25) is 0 Å². The summed E-state index contributed by atoms with van der Waals surface area (Å²) in [5.74, 6) is 0.540. The van der Waals surface area contributed by atoms with Gasteiger partial charge in [-0.2, -0.15) is 0 Å². The number of fused-ring (bicyclic) bond motifs is 1. The van der Waals surface area contributed by atoms with E-state index in [-0.39, 0.29) is 25.0 Å². The zero-order chi connectivity index (χ0) is 25.2. The number of hydrogen-bond acceptors (Lipinski definition) is 5. The van der Waals surface area contributed by atoms with Gasteiger partial charge in [-0.1, -0.05) is 65.3 Å². The third-order valence-electron chi connectivity index (χ3n) is 6.36. The van der Waals surface area contributed by atoms with Gasteiger partial charge in [0.05, 0.1) is 17.6 Å². The fourth-order valence-corrected chi connectivity index (χ4v) is 4.93. The lowest BCUT2D eigenvalue weighted by Gasteiger charge is -2.29. The Morgan fingerprint density at radius 3 is 2.56 bits per heavy atom. The van der Waals surface area contributed by atoms with E-state index in [4.69, 9.17) is 14.8 Å². The van der Waals surface area contributed by atoms with Crippen LogP contribution in [0, 0.1) is 0 Å². The van der Waals surface area contributed by atoms with Crippen LogP contribution in [-0.4, -0.2) is 45.1 Å². The van der Waals surface area contributed by atoms with Crippen LogP contribution in [0.15, 0.2) is 77.3 Å². The van der Waals surface area contributed by atoms with E-state index in [2.05, 4.69) is 26.2 Å². The maximum absolute atomic E-state index is 13.7. The fraction of sp³-hybridized carbons (Fsp3) is 0.222. The Morgan fingerprint density at radius 2 is 1.83 bits per heavy atom. The van der Waals surface area contributed by atoms with Crippen molar-refractivity contribution in [1.29, 1.82) is 0 Å². The number of halogens is 1. The molecule has 3 amide bonds. The van der Waals surface area contributed by atoms with E-state index >= 15 is 0 Å². The molecule has 3 atom stereocenters. The molecule has 1 unspecified atom stereocenters. The molecule has 0 spiro atoms. The number of nitrogens with zero attached hydrogens (tertiary/aromatic N) is 2. The van der Waals surface area contributed by atoms with Gasteiger partial charge < -0.3 is 20.1 Å². The summed E-state index contributed by atoms with van der Waals surface area (Å²) in [7, 11) is 0. The van der Waals surface area contributed by atoms with Gasteiger partial charge >= 0.3 is 6.03 Å². The number of aliphatic hydroxyl groups excluding tert-OH is 1. The second-order valence-corrected chi connectivity index (χ2v) is 9.58. The first-order chi connectivity index (χ1) is 17.5. The lowest BCUT2D eigenvalue weighted by atomic mass is 9.91. The fourth-order valence-electron chi connectivity index (χ4n) is 4.57. The molecule has 0 radical (unpaired) electrons. The third kappa shape index (κ3) is 4.59. The minimum Gasteiger partial charge on any atom is -0.491 e. The van der Waals surface area contributed by atoms with Crippen molar-refractivity contribution in [2.75, 3.05) is 13.2 Å². The van der Waals surface area contributed by atoms with Gasteiger partial charge in [-0.15, -0.1) is 0 Å². The summed E-state index contributed by atoms with van der Waals surface area (Å²) in [6.45, 7) is 2.08. The molecule has 1 aromatic heterocycles. The van der Waals surface area contributed by atoms with Crippen LogP contribution in [0.1, 0.15) is 41.9 Å². The number of carbonyl (C=O) groups excluding carboxylic acids is 2. The number of nitrogens with one attached hydrogen (secondary N) is 2. The largest absolute Gasteiger partial charge is 0.491 e. The van der Waals surface area contributed by atoms with Crippen LogP contribution in [0.5, 0.6) is 5.75 Å². The predicted octanol–water partition coefficient (Wildman–Crippen LogP) is 4.83. The number of ether oxygens (including phenoxy) is 1. The molecule has 1 fully saturated rings. The first-order valence-corrected chi connectivity index (χ1v) is 12.4. The smallest absolute Gasteiger partial charge is 0.325 e. The second kappa shape index (κ2) is 10.1. The van der Waals surface area contributed by atoms with Crippen LogP contribution >= 0.6 is 15.9 Å². The molecule has 3 aromatic carbocycles. The highest BCUT2D eigenvalue weighted by molar-refractivity contribution is 9.10. The minimum atomic E-state index is -0.826. The highest BCUT2D eigenvalue weighted by atomic mass is 79.9. The topological polar surface area (TPSA) is 108 Å². The van der Waals surface area contributed by atoms with Crippen LogP contribution in [-0.2, 0) is 4.79 Å². The predicted molar refractivity (Wildman–Crippen MR) is 139 cm³/mol. The summed E-state index contributed by atoms with van der Waals surface area (Å²) in [6.07, 6.45) is 0. The molecular weight excluding hydrogens is 524 g/mol. The molecule has 9 heteroatoms.